The quantitative estimate of drug-likeness (QED) is 0.686. The van der Waals surface area contributed by atoms with Gasteiger partial charge in [0.1, 0.15) is 0 Å². The fourth-order valence-electron chi connectivity index (χ4n) is 1.24. The van der Waals surface area contributed by atoms with Crippen LogP contribution >= 0.6 is 0 Å². The van der Waals surface area contributed by atoms with Crippen LogP contribution in [0.3, 0.4) is 0 Å². The number of aliphatic carboxylic acids is 1. The van der Waals surface area contributed by atoms with Crippen molar-refractivity contribution in [1.29, 1.82) is 0 Å². The van der Waals surface area contributed by atoms with Gasteiger partial charge >= 0.3 is 5.97 Å². The smallest absolute Gasteiger partial charge is 0.317 e. The van der Waals surface area contributed by atoms with E-state index in [9.17, 15) is 4.79 Å². The molecule has 0 rings (SSSR count). The normalized spacial score (nSPS) is 13.8. The number of carboxylic acids is 1. The van der Waals surface area contributed by atoms with Crippen molar-refractivity contribution >= 4 is 5.97 Å². The minimum Gasteiger partial charge on any atom is -0.480 e. The monoisotopic (exact) mass is 173 g/mol. The molecule has 0 saturated carbocycles. The Hall–Kier alpha value is -0.570. The van der Waals surface area contributed by atoms with Gasteiger partial charge in [-0.2, -0.15) is 0 Å². The molecule has 0 radical (unpaired) electrons. The predicted molar refractivity (Wildman–Crippen MR) is 49.2 cm³/mol. The first-order valence-electron chi connectivity index (χ1n) is 4.46. The van der Waals surface area contributed by atoms with E-state index in [1.807, 2.05) is 18.7 Å². The molecule has 0 spiro atoms. The Kier molecular flexibility index (Phi) is 4.90. The maximum atomic E-state index is 10.5. The second-order valence-corrected chi connectivity index (χ2v) is 3.42. The van der Waals surface area contributed by atoms with Crippen LogP contribution in [0.15, 0.2) is 0 Å². The van der Waals surface area contributed by atoms with Gasteiger partial charge < -0.3 is 5.11 Å². The molecule has 0 heterocycles. The lowest BCUT2D eigenvalue weighted by Gasteiger charge is -2.30. The third-order valence-electron chi connectivity index (χ3n) is 2.14. The molecular formula is C9H19NO2. The van der Waals surface area contributed by atoms with Crippen LogP contribution in [0, 0.1) is 0 Å². The standard InChI is InChI=1S/C9H19NO2/c1-5-8(4)10(7(2)3)6-9(11)12/h7-8H,5-6H2,1-4H3,(H,11,12). The molecule has 0 aliphatic rings. The van der Waals surface area contributed by atoms with E-state index in [4.69, 9.17) is 5.11 Å². The molecule has 0 saturated heterocycles. The fraction of sp³-hybridized carbons (Fsp3) is 0.889. The molecule has 0 aromatic carbocycles. The van der Waals surface area contributed by atoms with Gasteiger partial charge in [-0.15, -0.1) is 0 Å². The lowest BCUT2D eigenvalue weighted by molar-refractivity contribution is -0.139. The van der Waals surface area contributed by atoms with E-state index in [2.05, 4.69) is 13.8 Å². The van der Waals surface area contributed by atoms with E-state index in [1.54, 1.807) is 0 Å². The molecule has 1 atom stereocenters. The van der Waals surface area contributed by atoms with Gasteiger partial charge in [-0.1, -0.05) is 6.92 Å². The zero-order valence-corrected chi connectivity index (χ0v) is 8.37. The third-order valence-corrected chi connectivity index (χ3v) is 2.14. The van der Waals surface area contributed by atoms with Crippen LogP contribution in [0.5, 0.6) is 0 Å². The average molecular weight is 173 g/mol. The predicted octanol–water partition coefficient (Wildman–Crippen LogP) is 1.58. The van der Waals surface area contributed by atoms with E-state index in [1.165, 1.54) is 0 Å². The maximum Gasteiger partial charge on any atom is 0.317 e. The van der Waals surface area contributed by atoms with Gasteiger partial charge in [0, 0.05) is 12.1 Å². The number of nitrogens with zero attached hydrogens (tertiary/aromatic N) is 1. The summed E-state index contributed by atoms with van der Waals surface area (Å²) in [5, 5.41) is 8.64. The van der Waals surface area contributed by atoms with Gasteiger partial charge in [-0.05, 0) is 27.2 Å². The molecule has 1 N–H and O–H groups in total. The zero-order chi connectivity index (χ0) is 9.72. The molecular weight excluding hydrogens is 154 g/mol. The van der Waals surface area contributed by atoms with Crippen molar-refractivity contribution < 1.29 is 9.90 Å². The van der Waals surface area contributed by atoms with Crippen molar-refractivity contribution in [2.24, 2.45) is 0 Å². The van der Waals surface area contributed by atoms with Gasteiger partial charge in [-0.3, -0.25) is 9.69 Å². The van der Waals surface area contributed by atoms with E-state index in [0.717, 1.165) is 6.42 Å². The van der Waals surface area contributed by atoms with Crippen LogP contribution in [0.4, 0.5) is 0 Å². The van der Waals surface area contributed by atoms with Crippen molar-refractivity contribution in [2.75, 3.05) is 6.54 Å². The second-order valence-electron chi connectivity index (χ2n) is 3.42. The third kappa shape index (κ3) is 3.72. The van der Waals surface area contributed by atoms with Crippen LogP contribution in [0.2, 0.25) is 0 Å². The number of carboxylic acid groups (broad SMARTS) is 1. The molecule has 0 aromatic heterocycles. The van der Waals surface area contributed by atoms with Gasteiger partial charge in [0.15, 0.2) is 0 Å². The number of rotatable bonds is 5. The van der Waals surface area contributed by atoms with Gasteiger partial charge in [-0.25, -0.2) is 0 Å². The second kappa shape index (κ2) is 5.14. The van der Waals surface area contributed by atoms with Crippen LogP contribution < -0.4 is 0 Å². The Morgan fingerprint density at radius 2 is 1.92 bits per heavy atom. The fourth-order valence-corrected chi connectivity index (χ4v) is 1.24. The summed E-state index contributed by atoms with van der Waals surface area (Å²) in [6.45, 7) is 8.32. The summed E-state index contributed by atoms with van der Waals surface area (Å²) in [6, 6.07) is 0.650. The Bertz CT molecular complexity index is 145. The topological polar surface area (TPSA) is 40.5 Å². The Morgan fingerprint density at radius 3 is 2.17 bits per heavy atom. The summed E-state index contributed by atoms with van der Waals surface area (Å²) in [7, 11) is 0. The summed E-state index contributed by atoms with van der Waals surface area (Å²) in [5.41, 5.74) is 0. The zero-order valence-electron chi connectivity index (χ0n) is 8.37. The maximum absolute atomic E-state index is 10.5. The number of hydrogen-bond acceptors (Lipinski definition) is 2. The highest BCUT2D eigenvalue weighted by Crippen LogP contribution is 2.07. The lowest BCUT2D eigenvalue weighted by atomic mass is 10.2. The Morgan fingerprint density at radius 1 is 1.42 bits per heavy atom. The van der Waals surface area contributed by atoms with Crippen LogP contribution in [0.25, 0.3) is 0 Å². The van der Waals surface area contributed by atoms with E-state index in [-0.39, 0.29) is 6.54 Å². The molecule has 3 heteroatoms. The highest BCUT2D eigenvalue weighted by molar-refractivity contribution is 5.69. The lowest BCUT2D eigenvalue weighted by Crippen LogP contribution is -2.41. The van der Waals surface area contributed by atoms with Gasteiger partial charge in [0.2, 0.25) is 0 Å². The SMILES string of the molecule is CCC(C)N(CC(=O)O)C(C)C. The minimum absolute atomic E-state index is 0.146. The summed E-state index contributed by atoms with van der Waals surface area (Å²) in [4.78, 5) is 12.5. The van der Waals surface area contributed by atoms with Gasteiger partial charge in [0.25, 0.3) is 0 Å². The first-order chi connectivity index (χ1) is 5.49. The first kappa shape index (κ1) is 11.4. The summed E-state index contributed by atoms with van der Waals surface area (Å²) in [6.07, 6.45) is 0.992. The van der Waals surface area contributed by atoms with Crippen LogP contribution in [0.1, 0.15) is 34.1 Å². The first-order valence-corrected chi connectivity index (χ1v) is 4.46. The molecule has 1 unspecified atom stereocenters. The number of hydrogen-bond donors (Lipinski definition) is 1. The van der Waals surface area contributed by atoms with Crippen molar-refractivity contribution in [3.05, 3.63) is 0 Å². The highest BCUT2D eigenvalue weighted by Gasteiger charge is 2.17. The molecule has 72 valence electrons. The molecule has 0 aliphatic carbocycles. The number of carbonyl (C=O) groups is 1. The molecule has 0 amide bonds. The Balaban J connectivity index is 4.12. The molecule has 0 aromatic rings. The highest BCUT2D eigenvalue weighted by atomic mass is 16.4. The van der Waals surface area contributed by atoms with Crippen molar-refractivity contribution in [3.8, 4) is 0 Å². The largest absolute Gasteiger partial charge is 0.480 e. The minimum atomic E-state index is -0.746. The van der Waals surface area contributed by atoms with Crippen LogP contribution in [-0.2, 0) is 4.79 Å². The van der Waals surface area contributed by atoms with Gasteiger partial charge in [0.05, 0.1) is 6.54 Å². The molecule has 3 nitrogen and oxygen atoms in total. The molecule has 0 fully saturated rings. The van der Waals surface area contributed by atoms with Crippen molar-refractivity contribution in [2.45, 2.75) is 46.2 Å². The van der Waals surface area contributed by atoms with Crippen molar-refractivity contribution in [1.82, 2.24) is 4.90 Å². The van der Waals surface area contributed by atoms with Crippen molar-refractivity contribution in [3.63, 3.8) is 0 Å². The Labute approximate surface area is 74.4 Å². The van der Waals surface area contributed by atoms with Crippen LogP contribution in [-0.4, -0.2) is 34.6 Å². The van der Waals surface area contributed by atoms with E-state index >= 15 is 0 Å². The molecule has 0 bridgehead atoms. The summed E-state index contributed by atoms with van der Waals surface area (Å²) >= 11 is 0. The summed E-state index contributed by atoms with van der Waals surface area (Å²) < 4.78 is 0. The molecule has 12 heavy (non-hydrogen) atoms. The molecule has 0 aliphatic heterocycles. The van der Waals surface area contributed by atoms with E-state index < -0.39 is 5.97 Å². The van der Waals surface area contributed by atoms with E-state index in [0.29, 0.717) is 12.1 Å². The average Bonchev–Trinajstić information content (AvgIpc) is 1.98. The summed E-state index contributed by atoms with van der Waals surface area (Å²) in [5.74, 6) is -0.746.